The van der Waals surface area contributed by atoms with Crippen LogP contribution in [0.5, 0.6) is 0 Å². The molecule has 224 valence electrons. The van der Waals surface area contributed by atoms with Crippen molar-refractivity contribution in [2.45, 2.75) is 57.2 Å². The Balaban J connectivity index is 1.22. The lowest BCUT2D eigenvalue weighted by atomic mass is 9.89. The summed E-state index contributed by atoms with van der Waals surface area (Å²) >= 11 is 0. The Morgan fingerprint density at radius 1 is 0.953 bits per heavy atom. The van der Waals surface area contributed by atoms with E-state index in [2.05, 4.69) is 20.9 Å². The van der Waals surface area contributed by atoms with E-state index in [0.717, 1.165) is 42.1 Å². The number of ketones is 1. The number of fused-ring (bicyclic) bond motifs is 2. The summed E-state index contributed by atoms with van der Waals surface area (Å²) in [6, 6.07) is 16.7. The SMILES string of the molecule is O=C(NCc1ccccc1)C(=O)C(C[C@@H]1CCCNC1=O)NC(=O)C1C2CCCC2CN1C(=O)c1cc2ccccc2[nH]1. The van der Waals surface area contributed by atoms with Gasteiger partial charge in [0.15, 0.2) is 0 Å². The molecule has 4 amide bonds. The fraction of sp³-hybridized carbons (Fsp3) is 0.424. The van der Waals surface area contributed by atoms with E-state index in [9.17, 15) is 24.0 Å². The highest BCUT2D eigenvalue weighted by Crippen LogP contribution is 2.43. The van der Waals surface area contributed by atoms with Gasteiger partial charge >= 0.3 is 0 Å². The number of para-hydroxylation sites is 1. The number of benzene rings is 2. The van der Waals surface area contributed by atoms with Gasteiger partial charge in [-0.3, -0.25) is 24.0 Å². The number of aromatic nitrogens is 1. The minimum atomic E-state index is -1.19. The van der Waals surface area contributed by atoms with Crippen LogP contribution in [0.2, 0.25) is 0 Å². The Labute approximate surface area is 250 Å². The highest BCUT2D eigenvalue weighted by molar-refractivity contribution is 6.38. The van der Waals surface area contributed by atoms with Crippen molar-refractivity contribution in [1.29, 1.82) is 0 Å². The van der Waals surface area contributed by atoms with Gasteiger partial charge in [-0.25, -0.2) is 0 Å². The van der Waals surface area contributed by atoms with E-state index in [1.54, 1.807) is 11.0 Å². The second-order valence-corrected chi connectivity index (χ2v) is 12.0. The van der Waals surface area contributed by atoms with Crippen molar-refractivity contribution in [3.05, 3.63) is 71.9 Å². The van der Waals surface area contributed by atoms with Crippen LogP contribution in [0.25, 0.3) is 10.9 Å². The lowest BCUT2D eigenvalue weighted by molar-refractivity contribution is -0.141. The van der Waals surface area contributed by atoms with Crippen molar-refractivity contribution in [2.75, 3.05) is 13.1 Å². The van der Waals surface area contributed by atoms with E-state index in [0.29, 0.717) is 25.2 Å². The van der Waals surface area contributed by atoms with E-state index in [4.69, 9.17) is 0 Å². The lowest BCUT2D eigenvalue weighted by Gasteiger charge is -2.30. The molecule has 4 N–H and O–H groups in total. The summed E-state index contributed by atoms with van der Waals surface area (Å²) < 4.78 is 0. The molecule has 1 saturated carbocycles. The first-order valence-electron chi connectivity index (χ1n) is 15.2. The predicted octanol–water partition coefficient (Wildman–Crippen LogP) is 2.70. The van der Waals surface area contributed by atoms with Crippen molar-refractivity contribution in [1.82, 2.24) is 25.8 Å². The van der Waals surface area contributed by atoms with Crippen LogP contribution < -0.4 is 16.0 Å². The third-order valence-corrected chi connectivity index (χ3v) is 9.25. The van der Waals surface area contributed by atoms with Crippen LogP contribution in [0.1, 0.15) is 54.6 Å². The molecule has 3 aliphatic rings. The van der Waals surface area contributed by atoms with E-state index in [-0.39, 0.29) is 36.6 Å². The largest absolute Gasteiger partial charge is 0.356 e. The smallest absolute Gasteiger partial charge is 0.289 e. The van der Waals surface area contributed by atoms with Gasteiger partial charge in [0.1, 0.15) is 11.7 Å². The number of rotatable bonds is 9. The Morgan fingerprint density at radius 2 is 1.74 bits per heavy atom. The van der Waals surface area contributed by atoms with Crippen molar-refractivity contribution in [3.8, 4) is 0 Å². The highest BCUT2D eigenvalue weighted by Gasteiger charge is 2.50. The number of aromatic amines is 1. The molecule has 3 aromatic rings. The van der Waals surface area contributed by atoms with Crippen molar-refractivity contribution in [3.63, 3.8) is 0 Å². The van der Waals surface area contributed by atoms with E-state index in [1.165, 1.54) is 0 Å². The number of nitrogens with one attached hydrogen (secondary N) is 4. The van der Waals surface area contributed by atoms with Gasteiger partial charge in [0.2, 0.25) is 17.6 Å². The zero-order chi connectivity index (χ0) is 29.9. The number of carbonyl (C=O) groups excluding carboxylic acids is 5. The molecular formula is C33H37N5O5. The number of piperidine rings is 1. The normalized spacial score (nSPS) is 23.8. The maximum Gasteiger partial charge on any atom is 0.289 e. The van der Waals surface area contributed by atoms with Gasteiger partial charge in [-0.05, 0) is 61.6 Å². The molecule has 5 atom stereocenters. The fourth-order valence-electron chi connectivity index (χ4n) is 7.05. The summed E-state index contributed by atoms with van der Waals surface area (Å²) in [6.45, 7) is 1.18. The summed E-state index contributed by atoms with van der Waals surface area (Å²) in [5.41, 5.74) is 2.08. The summed E-state index contributed by atoms with van der Waals surface area (Å²) in [4.78, 5) is 71.8. The zero-order valence-corrected chi connectivity index (χ0v) is 24.0. The molecule has 0 radical (unpaired) electrons. The van der Waals surface area contributed by atoms with Crippen LogP contribution in [-0.4, -0.2) is 64.5 Å². The van der Waals surface area contributed by atoms with E-state index < -0.39 is 35.6 Å². The predicted molar refractivity (Wildman–Crippen MR) is 160 cm³/mol. The minimum absolute atomic E-state index is 0.0198. The third kappa shape index (κ3) is 6.04. The number of hydrogen-bond acceptors (Lipinski definition) is 5. The molecule has 0 bridgehead atoms. The van der Waals surface area contributed by atoms with E-state index in [1.807, 2.05) is 54.6 Å². The molecule has 43 heavy (non-hydrogen) atoms. The number of likely N-dealkylation sites (tertiary alicyclic amines) is 1. The van der Waals surface area contributed by atoms with Crippen LogP contribution in [0, 0.1) is 17.8 Å². The lowest BCUT2D eigenvalue weighted by Crippen LogP contribution is -2.55. The average molecular weight is 584 g/mol. The van der Waals surface area contributed by atoms with Crippen molar-refractivity contribution < 1.29 is 24.0 Å². The van der Waals surface area contributed by atoms with Gasteiger partial charge in [-0.2, -0.15) is 0 Å². The Kier molecular flexibility index (Phi) is 8.26. The van der Waals surface area contributed by atoms with Crippen LogP contribution in [0.4, 0.5) is 0 Å². The van der Waals surface area contributed by atoms with Gasteiger partial charge in [-0.15, -0.1) is 0 Å². The number of hydrogen-bond donors (Lipinski definition) is 4. The summed E-state index contributed by atoms with van der Waals surface area (Å²) in [5.74, 6) is -2.86. The number of amides is 4. The van der Waals surface area contributed by atoms with E-state index >= 15 is 0 Å². The van der Waals surface area contributed by atoms with Crippen LogP contribution in [-0.2, 0) is 25.7 Å². The number of carbonyl (C=O) groups is 5. The molecule has 3 fully saturated rings. The second-order valence-electron chi connectivity index (χ2n) is 12.0. The molecule has 2 aliphatic heterocycles. The third-order valence-electron chi connectivity index (χ3n) is 9.25. The Hall–Kier alpha value is -4.47. The monoisotopic (exact) mass is 583 g/mol. The zero-order valence-electron chi connectivity index (χ0n) is 24.0. The summed E-state index contributed by atoms with van der Waals surface area (Å²) in [7, 11) is 0. The molecule has 4 unspecified atom stereocenters. The van der Waals surface area contributed by atoms with Crippen LogP contribution in [0.15, 0.2) is 60.7 Å². The molecule has 2 aromatic carbocycles. The average Bonchev–Trinajstić information content (AvgIpc) is 3.75. The molecule has 10 nitrogen and oxygen atoms in total. The number of Topliss-reactive ketones (excluding diaryl/α,β-unsaturated/α-hetero) is 1. The molecule has 6 rings (SSSR count). The first-order chi connectivity index (χ1) is 20.9. The highest BCUT2D eigenvalue weighted by atomic mass is 16.2. The number of nitrogens with zero attached hydrogens (tertiary/aromatic N) is 1. The van der Waals surface area contributed by atoms with Gasteiger partial charge in [0.25, 0.3) is 11.8 Å². The molecule has 1 aromatic heterocycles. The minimum Gasteiger partial charge on any atom is -0.356 e. The van der Waals surface area contributed by atoms with Crippen molar-refractivity contribution >= 4 is 40.3 Å². The molecular weight excluding hydrogens is 546 g/mol. The Morgan fingerprint density at radius 3 is 2.53 bits per heavy atom. The maximum atomic E-state index is 14.0. The van der Waals surface area contributed by atoms with Gasteiger partial charge in [0, 0.05) is 36.5 Å². The van der Waals surface area contributed by atoms with Gasteiger partial charge in [0.05, 0.1) is 6.04 Å². The van der Waals surface area contributed by atoms with Gasteiger partial charge < -0.3 is 25.8 Å². The van der Waals surface area contributed by atoms with Crippen molar-refractivity contribution in [2.24, 2.45) is 17.8 Å². The van der Waals surface area contributed by atoms with Crippen LogP contribution >= 0.6 is 0 Å². The second kappa shape index (κ2) is 12.4. The number of H-pyrrole nitrogens is 1. The standard InChI is InChI=1S/C33H37N5O5/c39-29(32(42)35-18-20-8-2-1-3-9-20)26(17-22-12-7-15-34-30(22)40)37-31(41)28-24-13-6-11-23(24)19-38(28)33(43)27-16-21-10-4-5-14-25(21)36-27/h1-5,8-10,14,16,22-24,26,28,36H,6-7,11-13,15,17-19H2,(H,34,40)(H,35,42)(H,37,41)/t22-,23?,24?,26?,28?/m0/s1. The molecule has 1 aliphatic carbocycles. The first kappa shape index (κ1) is 28.6. The molecule has 2 saturated heterocycles. The Bertz CT molecular complexity index is 1500. The summed E-state index contributed by atoms with van der Waals surface area (Å²) in [6.07, 6.45) is 4.05. The maximum absolute atomic E-state index is 14.0. The van der Waals surface area contributed by atoms with Crippen LogP contribution in [0.3, 0.4) is 0 Å². The fourth-order valence-corrected chi connectivity index (χ4v) is 7.05. The quantitative estimate of drug-likeness (QED) is 0.287. The summed E-state index contributed by atoms with van der Waals surface area (Å²) in [5, 5.41) is 9.24. The molecule has 10 heteroatoms. The topological polar surface area (TPSA) is 140 Å². The molecule has 0 spiro atoms. The van der Waals surface area contributed by atoms with Gasteiger partial charge in [-0.1, -0.05) is 55.0 Å². The first-order valence-corrected chi connectivity index (χ1v) is 15.2. The molecule has 3 heterocycles.